The first-order chi connectivity index (χ1) is 9.44. The lowest BCUT2D eigenvalue weighted by Crippen LogP contribution is -2.47. The van der Waals surface area contributed by atoms with Gasteiger partial charge in [-0.1, -0.05) is 40.5 Å². The molecule has 0 amide bonds. The van der Waals surface area contributed by atoms with Crippen LogP contribution in [-0.4, -0.2) is 25.2 Å². The summed E-state index contributed by atoms with van der Waals surface area (Å²) in [5, 5.41) is 7.75. The molecule has 2 N–H and O–H groups in total. The third-order valence-electron chi connectivity index (χ3n) is 7.34. The van der Waals surface area contributed by atoms with Crippen molar-refractivity contribution in [1.82, 2.24) is 10.6 Å². The van der Waals surface area contributed by atoms with E-state index in [2.05, 4.69) is 38.3 Å². The minimum absolute atomic E-state index is 0.525. The van der Waals surface area contributed by atoms with Gasteiger partial charge in [-0.3, -0.25) is 0 Å². The summed E-state index contributed by atoms with van der Waals surface area (Å²) in [5.41, 5.74) is 1.05. The largest absolute Gasteiger partial charge is 0.314 e. The summed E-state index contributed by atoms with van der Waals surface area (Å²) < 4.78 is 0. The van der Waals surface area contributed by atoms with Crippen molar-refractivity contribution in [2.75, 3.05) is 13.1 Å². The van der Waals surface area contributed by atoms with Gasteiger partial charge in [0.05, 0.1) is 0 Å². The van der Waals surface area contributed by atoms with E-state index in [9.17, 15) is 0 Å². The molecular formula is C18H34N2. The van der Waals surface area contributed by atoms with Gasteiger partial charge in [0.15, 0.2) is 0 Å². The Morgan fingerprint density at radius 1 is 0.950 bits per heavy atom. The van der Waals surface area contributed by atoms with Gasteiger partial charge in [-0.2, -0.15) is 0 Å². The summed E-state index contributed by atoms with van der Waals surface area (Å²) in [5.74, 6) is 1.75. The molecule has 2 saturated carbocycles. The van der Waals surface area contributed by atoms with Crippen LogP contribution in [0.15, 0.2) is 0 Å². The van der Waals surface area contributed by atoms with E-state index < -0.39 is 0 Å². The van der Waals surface area contributed by atoms with Crippen LogP contribution in [0.2, 0.25) is 0 Å². The van der Waals surface area contributed by atoms with E-state index in [4.69, 9.17) is 0 Å². The first-order valence-corrected chi connectivity index (χ1v) is 8.91. The molecule has 0 radical (unpaired) electrons. The second-order valence-electron chi connectivity index (χ2n) is 8.66. The fraction of sp³-hybridized carbons (Fsp3) is 1.00. The van der Waals surface area contributed by atoms with Gasteiger partial charge < -0.3 is 10.6 Å². The van der Waals surface area contributed by atoms with E-state index in [0.717, 1.165) is 23.9 Å². The van der Waals surface area contributed by atoms with Crippen LogP contribution >= 0.6 is 0 Å². The second-order valence-corrected chi connectivity index (χ2v) is 8.66. The smallest absolute Gasteiger partial charge is 0.0110 e. The van der Waals surface area contributed by atoms with Gasteiger partial charge >= 0.3 is 0 Å². The minimum Gasteiger partial charge on any atom is -0.314 e. The fourth-order valence-electron chi connectivity index (χ4n) is 5.08. The zero-order valence-corrected chi connectivity index (χ0v) is 14.0. The first-order valence-electron chi connectivity index (χ1n) is 8.91. The van der Waals surface area contributed by atoms with Crippen molar-refractivity contribution >= 4 is 0 Å². The molecule has 3 unspecified atom stereocenters. The van der Waals surface area contributed by atoms with E-state index in [1.165, 1.54) is 51.6 Å². The highest BCUT2D eigenvalue weighted by Crippen LogP contribution is 2.68. The molecule has 0 aromatic heterocycles. The normalized spacial score (nSPS) is 39.9. The van der Waals surface area contributed by atoms with Gasteiger partial charge in [-0.25, -0.2) is 0 Å². The average Bonchev–Trinajstić information content (AvgIpc) is 2.76. The van der Waals surface area contributed by atoms with E-state index in [-0.39, 0.29) is 0 Å². The topological polar surface area (TPSA) is 24.1 Å². The third kappa shape index (κ3) is 2.43. The molecule has 3 atom stereocenters. The Bertz CT molecular complexity index is 327. The molecule has 3 fully saturated rings. The van der Waals surface area contributed by atoms with E-state index in [1.807, 2.05) is 0 Å². The van der Waals surface area contributed by atoms with E-state index in [1.54, 1.807) is 0 Å². The molecule has 3 rings (SSSR count). The summed E-state index contributed by atoms with van der Waals surface area (Å²) in [6.45, 7) is 12.2. The van der Waals surface area contributed by atoms with Crippen LogP contribution in [0, 0.1) is 22.7 Å². The second kappa shape index (κ2) is 5.28. The van der Waals surface area contributed by atoms with Crippen LogP contribution in [0.4, 0.5) is 0 Å². The molecule has 0 spiro atoms. The van der Waals surface area contributed by atoms with Crippen molar-refractivity contribution < 1.29 is 0 Å². The van der Waals surface area contributed by atoms with Crippen LogP contribution in [-0.2, 0) is 0 Å². The molecule has 2 nitrogen and oxygen atoms in total. The van der Waals surface area contributed by atoms with E-state index in [0.29, 0.717) is 10.8 Å². The minimum atomic E-state index is 0.525. The summed E-state index contributed by atoms with van der Waals surface area (Å²) >= 11 is 0. The molecule has 1 saturated heterocycles. The summed E-state index contributed by atoms with van der Waals surface area (Å²) in [6.07, 6.45) is 8.49. The zero-order chi connectivity index (χ0) is 14.4. The Labute approximate surface area is 125 Å². The van der Waals surface area contributed by atoms with Crippen LogP contribution in [0.25, 0.3) is 0 Å². The number of hydrogen-bond donors (Lipinski definition) is 2. The Kier molecular flexibility index (Phi) is 3.92. The molecule has 2 aliphatic carbocycles. The summed E-state index contributed by atoms with van der Waals surface area (Å²) in [4.78, 5) is 0. The lowest BCUT2D eigenvalue weighted by Gasteiger charge is -2.33. The van der Waals surface area contributed by atoms with Crippen molar-refractivity contribution in [3.05, 3.63) is 0 Å². The Morgan fingerprint density at radius 3 is 2.30 bits per heavy atom. The molecule has 0 bridgehead atoms. The maximum atomic E-state index is 3.96. The van der Waals surface area contributed by atoms with Crippen LogP contribution in [0.1, 0.15) is 66.2 Å². The van der Waals surface area contributed by atoms with Gasteiger partial charge in [0, 0.05) is 12.1 Å². The predicted molar refractivity (Wildman–Crippen MR) is 85.8 cm³/mol. The zero-order valence-electron chi connectivity index (χ0n) is 14.0. The Balaban J connectivity index is 1.52. The van der Waals surface area contributed by atoms with Gasteiger partial charge in [0.1, 0.15) is 0 Å². The number of rotatable bonds is 4. The Hall–Kier alpha value is -0.0800. The van der Waals surface area contributed by atoms with Crippen molar-refractivity contribution in [3.8, 4) is 0 Å². The molecule has 1 heterocycles. The van der Waals surface area contributed by atoms with Crippen molar-refractivity contribution in [1.29, 1.82) is 0 Å². The molecule has 20 heavy (non-hydrogen) atoms. The monoisotopic (exact) mass is 278 g/mol. The molecule has 3 aliphatic rings. The average molecular weight is 278 g/mol. The molecular weight excluding hydrogens is 244 g/mol. The van der Waals surface area contributed by atoms with Crippen molar-refractivity contribution in [3.63, 3.8) is 0 Å². The molecule has 116 valence electrons. The molecule has 0 aromatic rings. The molecule has 2 heteroatoms. The highest BCUT2D eigenvalue weighted by atomic mass is 15.0. The maximum absolute atomic E-state index is 3.96. The van der Waals surface area contributed by atoms with Crippen LogP contribution in [0.5, 0.6) is 0 Å². The SMILES string of the molecule is CC1(C)C(CNC2CCCC2C2CCCCN2)C1(C)C. The highest BCUT2D eigenvalue weighted by Gasteiger charge is 2.64. The van der Waals surface area contributed by atoms with Gasteiger partial charge in [0.25, 0.3) is 0 Å². The number of nitrogens with one attached hydrogen (secondary N) is 2. The van der Waals surface area contributed by atoms with Crippen molar-refractivity contribution in [2.24, 2.45) is 22.7 Å². The van der Waals surface area contributed by atoms with Gasteiger partial charge in [-0.05, 0) is 61.4 Å². The third-order valence-corrected chi connectivity index (χ3v) is 7.34. The van der Waals surface area contributed by atoms with Crippen LogP contribution in [0.3, 0.4) is 0 Å². The van der Waals surface area contributed by atoms with Gasteiger partial charge in [0.2, 0.25) is 0 Å². The quantitative estimate of drug-likeness (QED) is 0.821. The van der Waals surface area contributed by atoms with Gasteiger partial charge in [-0.15, -0.1) is 0 Å². The summed E-state index contributed by atoms with van der Waals surface area (Å²) in [6, 6.07) is 1.57. The lowest BCUT2D eigenvalue weighted by atomic mass is 9.88. The number of hydrogen-bond acceptors (Lipinski definition) is 2. The highest BCUT2D eigenvalue weighted by molar-refractivity contribution is 5.13. The van der Waals surface area contributed by atoms with Crippen molar-refractivity contribution in [2.45, 2.75) is 78.3 Å². The Morgan fingerprint density at radius 2 is 1.70 bits per heavy atom. The molecule has 1 aliphatic heterocycles. The lowest BCUT2D eigenvalue weighted by molar-refractivity contribution is 0.254. The summed E-state index contributed by atoms with van der Waals surface area (Å²) in [7, 11) is 0. The molecule has 0 aromatic carbocycles. The predicted octanol–water partition coefficient (Wildman–Crippen LogP) is 3.57. The first kappa shape index (κ1) is 14.8. The fourth-order valence-corrected chi connectivity index (χ4v) is 5.08. The van der Waals surface area contributed by atoms with E-state index >= 15 is 0 Å². The number of piperidine rings is 1. The van der Waals surface area contributed by atoms with Crippen LogP contribution < -0.4 is 10.6 Å². The maximum Gasteiger partial charge on any atom is 0.0110 e. The standard InChI is InChI=1S/C18H34N2/c1-17(2)16(18(17,3)4)12-20-15-10-7-8-13(15)14-9-5-6-11-19-14/h13-16,19-20H,5-12H2,1-4H3.